The minimum atomic E-state index is -5.06. The summed E-state index contributed by atoms with van der Waals surface area (Å²) < 4.78 is 41.3. The Bertz CT molecular complexity index is 922. The summed E-state index contributed by atoms with van der Waals surface area (Å²) in [6, 6.07) is 1.77. The molecular formula is C20H24F3N3O3S. The molecule has 1 aliphatic rings. The maximum atomic E-state index is 13.3. The molecule has 2 aromatic rings. The summed E-state index contributed by atoms with van der Waals surface area (Å²) in [5, 5.41) is 11.2. The summed E-state index contributed by atoms with van der Waals surface area (Å²) in [6.07, 6.45) is 1.83. The maximum Gasteiger partial charge on any atom is 0.471 e. The molecule has 0 radical (unpaired) electrons. The van der Waals surface area contributed by atoms with E-state index in [0.717, 1.165) is 49.5 Å². The van der Waals surface area contributed by atoms with Crippen molar-refractivity contribution in [2.24, 2.45) is 5.92 Å². The number of thiazole rings is 1. The number of hydrogen-bond acceptors (Lipinski definition) is 5. The lowest BCUT2D eigenvalue weighted by atomic mass is 9.84. The number of anilines is 1. The lowest BCUT2D eigenvalue weighted by Gasteiger charge is -2.32. The molecular weight excluding hydrogens is 419 g/mol. The van der Waals surface area contributed by atoms with Gasteiger partial charge in [-0.2, -0.15) is 13.2 Å². The molecule has 0 bridgehead atoms. The van der Waals surface area contributed by atoms with Crippen LogP contribution >= 0.6 is 11.3 Å². The molecule has 1 amide bonds. The Morgan fingerprint density at radius 2 is 2.03 bits per heavy atom. The minimum Gasteiger partial charge on any atom is -0.508 e. The Hall–Kier alpha value is -2.36. The second kappa shape index (κ2) is 9.20. The zero-order valence-corrected chi connectivity index (χ0v) is 17.4. The maximum absolute atomic E-state index is 13.3. The number of carbonyl (C=O) groups excluding carboxylic acids is 1. The van der Waals surface area contributed by atoms with Crippen LogP contribution < -0.4 is 10.5 Å². The number of rotatable bonds is 6. The SMILES string of the molecule is Cc1cc(O)cc(=O)n1C(CC1CCCCC1)CN(C(=O)C(F)(F)F)c1nccs1. The minimum absolute atomic E-state index is 0.0598. The van der Waals surface area contributed by atoms with Gasteiger partial charge < -0.3 is 9.67 Å². The molecule has 1 N–H and O–H groups in total. The predicted molar refractivity (Wildman–Crippen MR) is 108 cm³/mol. The van der Waals surface area contributed by atoms with E-state index >= 15 is 0 Å². The van der Waals surface area contributed by atoms with E-state index in [0.29, 0.717) is 17.0 Å². The van der Waals surface area contributed by atoms with Crippen molar-refractivity contribution in [3.8, 4) is 5.75 Å². The van der Waals surface area contributed by atoms with Crippen molar-refractivity contribution in [1.29, 1.82) is 0 Å². The fraction of sp³-hybridized carbons (Fsp3) is 0.550. The van der Waals surface area contributed by atoms with Gasteiger partial charge in [-0.1, -0.05) is 32.1 Å². The molecule has 0 saturated heterocycles. The van der Waals surface area contributed by atoms with E-state index in [1.54, 1.807) is 6.92 Å². The fourth-order valence-corrected chi connectivity index (χ4v) is 4.84. The molecule has 2 aromatic heterocycles. The monoisotopic (exact) mass is 443 g/mol. The van der Waals surface area contributed by atoms with E-state index < -0.39 is 23.7 Å². The van der Waals surface area contributed by atoms with E-state index in [9.17, 15) is 27.9 Å². The first-order valence-corrected chi connectivity index (χ1v) is 10.7. The van der Waals surface area contributed by atoms with Crippen molar-refractivity contribution >= 4 is 22.4 Å². The van der Waals surface area contributed by atoms with Crippen molar-refractivity contribution < 1.29 is 23.1 Å². The Kier molecular flexibility index (Phi) is 6.84. The molecule has 1 saturated carbocycles. The Morgan fingerprint density at radius 3 is 2.60 bits per heavy atom. The van der Waals surface area contributed by atoms with Gasteiger partial charge in [0.2, 0.25) is 0 Å². The quantitative estimate of drug-likeness (QED) is 0.717. The van der Waals surface area contributed by atoms with Crippen molar-refractivity contribution in [1.82, 2.24) is 9.55 Å². The van der Waals surface area contributed by atoms with Crippen LogP contribution in [-0.4, -0.2) is 33.3 Å². The van der Waals surface area contributed by atoms with E-state index in [2.05, 4.69) is 4.98 Å². The van der Waals surface area contributed by atoms with E-state index in [1.807, 2.05) is 0 Å². The van der Waals surface area contributed by atoms with Crippen LogP contribution in [0.1, 0.15) is 50.3 Å². The molecule has 1 fully saturated rings. The number of amides is 1. The van der Waals surface area contributed by atoms with Crippen molar-refractivity contribution in [2.45, 2.75) is 57.7 Å². The molecule has 2 heterocycles. The van der Waals surface area contributed by atoms with Crippen molar-refractivity contribution in [3.05, 3.63) is 39.8 Å². The van der Waals surface area contributed by atoms with Gasteiger partial charge in [0.05, 0.1) is 6.04 Å². The molecule has 1 unspecified atom stereocenters. The van der Waals surface area contributed by atoms with Crippen LogP contribution in [0.5, 0.6) is 5.75 Å². The number of aromatic hydroxyl groups is 1. The van der Waals surface area contributed by atoms with Gasteiger partial charge in [-0.3, -0.25) is 14.5 Å². The van der Waals surface area contributed by atoms with Crippen molar-refractivity contribution in [2.75, 3.05) is 11.4 Å². The molecule has 30 heavy (non-hydrogen) atoms. The largest absolute Gasteiger partial charge is 0.508 e. The van der Waals surface area contributed by atoms with Crippen LogP contribution in [0, 0.1) is 12.8 Å². The van der Waals surface area contributed by atoms with Gasteiger partial charge in [0.1, 0.15) is 5.75 Å². The molecule has 6 nitrogen and oxygen atoms in total. The average molecular weight is 443 g/mol. The third-order valence-electron chi connectivity index (χ3n) is 5.47. The van der Waals surface area contributed by atoms with Gasteiger partial charge in [0, 0.05) is 29.9 Å². The summed E-state index contributed by atoms with van der Waals surface area (Å²) in [6.45, 7) is 1.29. The highest BCUT2D eigenvalue weighted by Gasteiger charge is 2.44. The first kappa shape index (κ1) is 22.3. The first-order valence-electron chi connectivity index (χ1n) is 9.87. The molecule has 10 heteroatoms. The molecule has 0 aromatic carbocycles. The highest BCUT2D eigenvalue weighted by Crippen LogP contribution is 2.34. The summed E-state index contributed by atoms with van der Waals surface area (Å²) in [5.74, 6) is -1.95. The summed E-state index contributed by atoms with van der Waals surface area (Å²) in [4.78, 5) is 29.4. The van der Waals surface area contributed by atoms with Gasteiger partial charge in [-0.15, -0.1) is 11.3 Å². The Labute approximate surface area is 176 Å². The van der Waals surface area contributed by atoms with Crippen LogP contribution in [0.2, 0.25) is 0 Å². The molecule has 164 valence electrons. The third-order valence-corrected chi connectivity index (χ3v) is 6.27. The second-order valence-corrected chi connectivity index (χ2v) is 8.56. The van der Waals surface area contributed by atoms with E-state index in [-0.39, 0.29) is 23.3 Å². The van der Waals surface area contributed by atoms with Gasteiger partial charge in [-0.05, 0) is 25.3 Å². The molecule has 3 rings (SSSR count). The topological polar surface area (TPSA) is 75.4 Å². The highest BCUT2D eigenvalue weighted by atomic mass is 32.1. The molecule has 0 aliphatic heterocycles. The molecule has 0 spiro atoms. The lowest BCUT2D eigenvalue weighted by Crippen LogP contribution is -2.45. The molecule has 1 atom stereocenters. The third kappa shape index (κ3) is 5.21. The highest BCUT2D eigenvalue weighted by molar-refractivity contribution is 7.13. The van der Waals surface area contributed by atoms with Crippen molar-refractivity contribution in [3.63, 3.8) is 0 Å². The number of carbonyl (C=O) groups is 1. The molecule has 1 aliphatic carbocycles. The van der Waals surface area contributed by atoms with Gasteiger partial charge in [0.25, 0.3) is 5.56 Å². The number of alkyl halides is 3. The summed E-state index contributed by atoms with van der Waals surface area (Å²) in [5.41, 5.74) is -0.0776. The Morgan fingerprint density at radius 1 is 1.33 bits per heavy atom. The Balaban J connectivity index is 2.00. The van der Waals surface area contributed by atoms with E-state index in [4.69, 9.17) is 0 Å². The number of pyridine rings is 1. The average Bonchev–Trinajstić information content (AvgIpc) is 3.19. The summed E-state index contributed by atoms with van der Waals surface area (Å²) in [7, 11) is 0. The summed E-state index contributed by atoms with van der Waals surface area (Å²) >= 11 is 0.936. The zero-order chi connectivity index (χ0) is 21.9. The zero-order valence-electron chi connectivity index (χ0n) is 16.6. The van der Waals surface area contributed by atoms with Crippen LogP contribution in [0.25, 0.3) is 0 Å². The number of aromatic nitrogens is 2. The number of hydrogen-bond donors (Lipinski definition) is 1. The van der Waals surface area contributed by atoms with Crippen LogP contribution in [0.15, 0.2) is 28.5 Å². The standard InChI is InChI=1S/C20H24F3N3O3S/c1-13-9-16(27)11-17(28)26(13)15(10-14-5-3-2-4-6-14)12-25(18(29)20(21,22)23)19-24-7-8-30-19/h7-9,11,14-15,27H,2-6,10,12H2,1H3. The van der Waals surface area contributed by atoms with Gasteiger partial charge in [0.15, 0.2) is 5.13 Å². The smallest absolute Gasteiger partial charge is 0.471 e. The number of nitrogens with zero attached hydrogens (tertiary/aromatic N) is 3. The predicted octanol–water partition coefficient (Wildman–Crippen LogP) is 4.43. The van der Waals surface area contributed by atoms with Crippen LogP contribution in [0.3, 0.4) is 0 Å². The van der Waals surface area contributed by atoms with Gasteiger partial charge >= 0.3 is 12.1 Å². The van der Waals surface area contributed by atoms with E-state index in [1.165, 1.54) is 22.2 Å². The second-order valence-electron chi connectivity index (χ2n) is 7.68. The van der Waals surface area contributed by atoms with Crippen LogP contribution in [0.4, 0.5) is 18.3 Å². The number of halogens is 3. The lowest BCUT2D eigenvalue weighted by molar-refractivity contribution is -0.170. The van der Waals surface area contributed by atoms with Gasteiger partial charge in [-0.25, -0.2) is 4.98 Å². The first-order chi connectivity index (χ1) is 14.2. The normalized spacial score (nSPS) is 16.4. The fourth-order valence-electron chi connectivity index (χ4n) is 4.19. The number of aryl methyl sites for hydroxylation is 1. The van der Waals surface area contributed by atoms with Crippen LogP contribution in [-0.2, 0) is 4.79 Å².